The Kier molecular flexibility index (Phi) is 7.43. The first-order chi connectivity index (χ1) is 15.6. The fraction of sp³-hybridized carbons (Fsp3) is 0.375. The number of likely N-dealkylation sites (N-methyl/N-ethyl adjacent to an activating group) is 1. The summed E-state index contributed by atoms with van der Waals surface area (Å²) in [4.78, 5) is 40.6. The second-order valence-corrected chi connectivity index (χ2v) is 8.38. The van der Waals surface area contributed by atoms with Gasteiger partial charge in [0.1, 0.15) is 29.4 Å². The van der Waals surface area contributed by atoms with Crippen LogP contribution >= 0.6 is 0 Å². The summed E-state index contributed by atoms with van der Waals surface area (Å²) in [5.41, 5.74) is 0.707. The predicted octanol–water partition coefficient (Wildman–Crippen LogP) is 2.61. The number of nitrogens with one attached hydrogen (secondary N) is 3. The average molecular weight is 459 g/mol. The minimum Gasteiger partial charge on any atom is -0.343 e. The van der Waals surface area contributed by atoms with Crippen molar-refractivity contribution in [3.05, 3.63) is 59.7 Å². The molecule has 1 aliphatic heterocycles. The molecule has 3 N–H and O–H groups in total. The number of hydrogen-bond acceptors (Lipinski definition) is 4. The van der Waals surface area contributed by atoms with Crippen molar-refractivity contribution in [1.29, 1.82) is 0 Å². The van der Waals surface area contributed by atoms with Gasteiger partial charge in [0.2, 0.25) is 11.8 Å². The molecular weight excluding hydrogens is 430 g/mol. The van der Waals surface area contributed by atoms with E-state index in [1.54, 1.807) is 52.1 Å². The van der Waals surface area contributed by atoms with Crippen LogP contribution in [0.4, 0.5) is 20.2 Å². The Labute approximate surface area is 191 Å². The van der Waals surface area contributed by atoms with Crippen LogP contribution in [0.2, 0.25) is 0 Å². The highest BCUT2D eigenvalue weighted by Gasteiger charge is 2.42. The van der Waals surface area contributed by atoms with Crippen molar-refractivity contribution in [2.45, 2.75) is 45.3 Å². The quantitative estimate of drug-likeness (QED) is 0.595. The molecule has 9 heteroatoms. The van der Waals surface area contributed by atoms with Gasteiger partial charge in [0.05, 0.1) is 6.04 Å². The molecule has 3 rings (SSSR count). The number of nitrogens with zero attached hydrogens (tertiary/aromatic N) is 1. The van der Waals surface area contributed by atoms with Crippen LogP contribution in [-0.4, -0.2) is 42.9 Å². The zero-order valence-corrected chi connectivity index (χ0v) is 19.0. The van der Waals surface area contributed by atoms with Crippen molar-refractivity contribution in [1.82, 2.24) is 10.6 Å². The Morgan fingerprint density at radius 2 is 1.64 bits per heavy atom. The van der Waals surface area contributed by atoms with Gasteiger partial charge in [0.25, 0.3) is 5.91 Å². The van der Waals surface area contributed by atoms with Gasteiger partial charge in [-0.3, -0.25) is 19.3 Å². The van der Waals surface area contributed by atoms with E-state index in [9.17, 15) is 23.2 Å². The number of carbonyl (C=O) groups is 3. The third kappa shape index (κ3) is 5.03. The lowest BCUT2D eigenvalue weighted by molar-refractivity contribution is -0.130. The lowest BCUT2D eigenvalue weighted by atomic mass is 10.0. The number of hydrogen-bond donors (Lipinski definition) is 3. The summed E-state index contributed by atoms with van der Waals surface area (Å²) < 4.78 is 28.2. The lowest BCUT2D eigenvalue weighted by Crippen LogP contribution is -2.57. The predicted molar refractivity (Wildman–Crippen MR) is 122 cm³/mol. The van der Waals surface area contributed by atoms with Crippen LogP contribution in [0, 0.1) is 17.6 Å². The van der Waals surface area contributed by atoms with E-state index < -0.39 is 47.3 Å². The molecule has 0 aliphatic carbocycles. The zero-order chi connectivity index (χ0) is 24.3. The van der Waals surface area contributed by atoms with E-state index in [1.807, 2.05) is 0 Å². The first kappa shape index (κ1) is 24.3. The van der Waals surface area contributed by atoms with Crippen LogP contribution in [0.15, 0.2) is 42.5 Å². The molecule has 2 aromatic rings. The highest BCUT2D eigenvalue weighted by atomic mass is 19.1. The molecule has 33 heavy (non-hydrogen) atoms. The van der Waals surface area contributed by atoms with Gasteiger partial charge in [-0.25, -0.2) is 8.78 Å². The number of para-hydroxylation sites is 2. The van der Waals surface area contributed by atoms with E-state index in [4.69, 9.17) is 0 Å². The maximum atomic E-state index is 14.1. The minimum atomic E-state index is -1.03. The largest absolute Gasteiger partial charge is 0.343 e. The second-order valence-electron chi connectivity index (χ2n) is 8.38. The Morgan fingerprint density at radius 1 is 1.00 bits per heavy atom. The molecule has 0 saturated carbocycles. The van der Waals surface area contributed by atoms with Crippen molar-refractivity contribution >= 4 is 29.1 Å². The standard InChI is InChI=1S/C24H28F2N4O3/c1-13(2)20(28-22(31)14(3)27-4)24(33)30-18-11-6-5-8-15(18)12-19(30)23(32)29-21-16(25)9-7-10-17(21)26/h5-11,13-14,19-20,27H,12H2,1-4H3,(H,28,31)(H,29,32)/t14-,19?,20?/m0/s1. The van der Waals surface area contributed by atoms with Crippen LogP contribution < -0.4 is 20.9 Å². The maximum absolute atomic E-state index is 14.1. The van der Waals surface area contributed by atoms with E-state index in [0.717, 1.165) is 17.7 Å². The molecule has 0 spiro atoms. The summed E-state index contributed by atoms with van der Waals surface area (Å²) in [5.74, 6) is -3.64. The monoisotopic (exact) mass is 458 g/mol. The number of benzene rings is 2. The van der Waals surface area contributed by atoms with Crippen molar-refractivity contribution in [3.63, 3.8) is 0 Å². The fourth-order valence-corrected chi connectivity index (χ4v) is 3.76. The number of halogens is 2. The van der Waals surface area contributed by atoms with Gasteiger partial charge in [-0.2, -0.15) is 0 Å². The Morgan fingerprint density at radius 3 is 2.24 bits per heavy atom. The molecular formula is C24H28F2N4O3. The lowest BCUT2D eigenvalue weighted by Gasteiger charge is -2.31. The molecule has 0 radical (unpaired) electrons. The third-order valence-corrected chi connectivity index (χ3v) is 5.78. The van der Waals surface area contributed by atoms with Gasteiger partial charge in [0.15, 0.2) is 0 Å². The molecule has 0 aromatic heterocycles. The number of rotatable bonds is 7. The van der Waals surface area contributed by atoms with E-state index in [1.165, 1.54) is 11.0 Å². The van der Waals surface area contributed by atoms with Gasteiger partial charge >= 0.3 is 0 Å². The Bertz CT molecular complexity index is 1040. The summed E-state index contributed by atoms with van der Waals surface area (Å²) in [6.45, 7) is 5.25. The Balaban J connectivity index is 1.94. The molecule has 0 saturated heterocycles. The highest BCUT2D eigenvalue weighted by Crippen LogP contribution is 2.34. The van der Waals surface area contributed by atoms with Crippen molar-refractivity contribution in [2.75, 3.05) is 17.3 Å². The van der Waals surface area contributed by atoms with Gasteiger partial charge in [-0.1, -0.05) is 38.1 Å². The summed E-state index contributed by atoms with van der Waals surface area (Å²) >= 11 is 0. The zero-order valence-electron chi connectivity index (χ0n) is 19.0. The number of anilines is 2. The molecule has 2 aromatic carbocycles. The highest BCUT2D eigenvalue weighted by molar-refractivity contribution is 6.09. The summed E-state index contributed by atoms with van der Waals surface area (Å²) in [6.07, 6.45) is 0.176. The smallest absolute Gasteiger partial charge is 0.250 e. The van der Waals surface area contributed by atoms with Crippen molar-refractivity contribution in [2.24, 2.45) is 5.92 Å². The number of fused-ring (bicyclic) bond motifs is 1. The molecule has 0 fully saturated rings. The van der Waals surface area contributed by atoms with Crippen LogP contribution in [0.25, 0.3) is 0 Å². The topological polar surface area (TPSA) is 90.5 Å². The Hall–Kier alpha value is -3.33. The van der Waals surface area contributed by atoms with Gasteiger partial charge in [-0.15, -0.1) is 0 Å². The van der Waals surface area contributed by atoms with Crippen LogP contribution in [-0.2, 0) is 20.8 Å². The molecule has 3 atom stereocenters. The molecule has 3 amide bonds. The van der Waals surface area contributed by atoms with Crippen molar-refractivity contribution < 1.29 is 23.2 Å². The second kappa shape index (κ2) is 10.1. The average Bonchev–Trinajstić information content (AvgIpc) is 3.18. The normalized spacial score (nSPS) is 16.8. The third-order valence-electron chi connectivity index (χ3n) is 5.78. The molecule has 0 bridgehead atoms. The molecule has 176 valence electrons. The van der Waals surface area contributed by atoms with E-state index in [-0.39, 0.29) is 18.2 Å². The van der Waals surface area contributed by atoms with Gasteiger partial charge < -0.3 is 16.0 Å². The van der Waals surface area contributed by atoms with Crippen LogP contribution in [0.5, 0.6) is 0 Å². The first-order valence-electron chi connectivity index (χ1n) is 10.8. The molecule has 7 nitrogen and oxygen atoms in total. The molecule has 1 heterocycles. The summed E-state index contributed by atoms with van der Waals surface area (Å²) in [5, 5.41) is 7.88. The van der Waals surface area contributed by atoms with Crippen LogP contribution in [0.1, 0.15) is 26.3 Å². The van der Waals surface area contributed by atoms with Gasteiger partial charge in [-0.05, 0) is 43.7 Å². The van der Waals surface area contributed by atoms with Crippen LogP contribution in [0.3, 0.4) is 0 Å². The first-order valence-corrected chi connectivity index (χ1v) is 10.8. The molecule has 2 unspecified atom stereocenters. The van der Waals surface area contributed by atoms with E-state index >= 15 is 0 Å². The minimum absolute atomic E-state index is 0.176. The van der Waals surface area contributed by atoms with Crippen molar-refractivity contribution in [3.8, 4) is 0 Å². The number of amides is 3. The number of carbonyl (C=O) groups excluding carboxylic acids is 3. The molecule has 1 aliphatic rings. The maximum Gasteiger partial charge on any atom is 0.250 e. The summed E-state index contributed by atoms with van der Waals surface area (Å²) in [6, 6.07) is 7.84. The van der Waals surface area contributed by atoms with E-state index in [2.05, 4.69) is 16.0 Å². The van der Waals surface area contributed by atoms with E-state index in [0.29, 0.717) is 5.69 Å². The summed E-state index contributed by atoms with van der Waals surface area (Å²) in [7, 11) is 1.63. The van der Waals surface area contributed by atoms with Gasteiger partial charge in [0, 0.05) is 12.1 Å². The SMILES string of the molecule is CN[C@@H](C)C(=O)NC(C(=O)N1c2ccccc2CC1C(=O)Nc1c(F)cccc1F)C(C)C. The fourth-order valence-electron chi connectivity index (χ4n) is 3.76.